The van der Waals surface area contributed by atoms with E-state index < -0.39 is 5.97 Å². The summed E-state index contributed by atoms with van der Waals surface area (Å²) in [6.07, 6.45) is 1.69. The number of rotatable bonds is 4. The quantitative estimate of drug-likeness (QED) is 0.878. The second-order valence-corrected chi connectivity index (χ2v) is 6.12. The normalized spacial score (nSPS) is 16.9. The van der Waals surface area contributed by atoms with E-state index >= 15 is 0 Å². The lowest BCUT2D eigenvalue weighted by atomic mass is 10.1. The van der Waals surface area contributed by atoms with Crippen LogP contribution in [-0.2, 0) is 9.59 Å². The first-order valence-electron chi connectivity index (χ1n) is 6.64. The van der Waals surface area contributed by atoms with Crippen molar-refractivity contribution in [3.63, 3.8) is 0 Å². The van der Waals surface area contributed by atoms with Crippen LogP contribution in [-0.4, -0.2) is 46.1 Å². The van der Waals surface area contributed by atoms with E-state index in [2.05, 4.69) is 5.32 Å². The zero-order chi connectivity index (χ0) is 15.0. The van der Waals surface area contributed by atoms with Crippen LogP contribution in [0.15, 0.2) is 23.1 Å². The molecule has 110 valence electrons. The van der Waals surface area contributed by atoms with Crippen LogP contribution in [0, 0.1) is 0 Å². The van der Waals surface area contributed by atoms with Gasteiger partial charge < -0.3 is 15.3 Å². The number of nitrogens with one attached hydrogen (secondary N) is 1. The molecule has 6 nitrogen and oxygen atoms in total. The highest BCUT2D eigenvalue weighted by Gasteiger charge is 2.34. The van der Waals surface area contributed by atoms with Gasteiger partial charge in [-0.3, -0.25) is 14.4 Å². The first kappa shape index (κ1) is 13.9. The summed E-state index contributed by atoms with van der Waals surface area (Å²) < 4.78 is 0. The first-order valence-corrected chi connectivity index (χ1v) is 7.62. The number of carboxylic acid groups (broad SMARTS) is 1. The molecule has 0 unspecified atom stereocenters. The molecule has 1 aromatic rings. The van der Waals surface area contributed by atoms with Crippen molar-refractivity contribution in [2.75, 3.05) is 17.6 Å². The molecule has 2 aliphatic rings. The molecule has 1 aromatic carbocycles. The van der Waals surface area contributed by atoms with E-state index in [4.69, 9.17) is 5.11 Å². The third-order valence-electron chi connectivity index (χ3n) is 3.41. The third-order valence-corrected chi connectivity index (χ3v) is 4.49. The van der Waals surface area contributed by atoms with Gasteiger partial charge in [0.05, 0.1) is 11.4 Å². The maximum Gasteiger partial charge on any atom is 0.323 e. The SMILES string of the molecule is O=C(O)CN(C(=O)c1ccc2c(c1)NC(=O)CS2)C1CC1. The minimum absolute atomic E-state index is 0.0219. The number of anilines is 1. The predicted molar refractivity (Wildman–Crippen MR) is 77.5 cm³/mol. The molecule has 1 aliphatic carbocycles. The Bertz CT molecular complexity index is 627. The maximum absolute atomic E-state index is 12.5. The number of benzene rings is 1. The van der Waals surface area contributed by atoms with Crippen LogP contribution in [0.3, 0.4) is 0 Å². The number of carboxylic acids is 1. The Morgan fingerprint density at radius 3 is 2.81 bits per heavy atom. The fraction of sp³-hybridized carbons (Fsp3) is 0.357. The van der Waals surface area contributed by atoms with Crippen molar-refractivity contribution in [1.82, 2.24) is 4.90 Å². The van der Waals surface area contributed by atoms with Gasteiger partial charge in [-0.25, -0.2) is 0 Å². The Balaban J connectivity index is 1.85. The van der Waals surface area contributed by atoms with E-state index in [1.807, 2.05) is 0 Å². The molecule has 2 N–H and O–H groups in total. The van der Waals surface area contributed by atoms with Crippen LogP contribution in [0.4, 0.5) is 5.69 Å². The van der Waals surface area contributed by atoms with Crippen LogP contribution >= 0.6 is 11.8 Å². The van der Waals surface area contributed by atoms with Gasteiger partial charge in [0.15, 0.2) is 0 Å². The molecule has 2 amide bonds. The van der Waals surface area contributed by atoms with Crippen molar-refractivity contribution in [2.24, 2.45) is 0 Å². The second-order valence-electron chi connectivity index (χ2n) is 5.11. The summed E-state index contributed by atoms with van der Waals surface area (Å²) in [6.45, 7) is -0.290. The molecule has 7 heteroatoms. The molecule has 1 fully saturated rings. The lowest BCUT2D eigenvalue weighted by molar-refractivity contribution is -0.137. The van der Waals surface area contributed by atoms with Crippen LogP contribution in [0.1, 0.15) is 23.2 Å². The summed E-state index contributed by atoms with van der Waals surface area (Å²) in [5.41, 5.74) is 1.03. The standard InChI is InChI=1S/C14H14N2O4S/c17-12-7-21-11-4-1-8(5-10(11)15-12)14(20)16(6-13(18)19)9-2-3-9/h1,4-5,9H,2-3,6-7H2,(H,15,17)(H,18,19). The average molecular weight is 306 g/mol. The first-order chi connectivity index (χ1) is 10.0. The fourth-order valence-corrected chi connectivity index (χ4v) is 3.07. The number of fused-ring (bicyclic) bond motifs is 1. The minimum atomic E-state index is -1.02. The van der Waals surface area contributed by atoms with E-state index in [9.17, 15) is 14.4 Å². The topological polar surface area (TPSA) is 86.7 Å². The molecule has 0 bridgehead atoms. The molecule has 0 radical (unpaired) electrons. The summed E-state index contributed by atoms with van der Waals surface area (Å²) in [7, 11) is 0. The number of nitrogens with zero attached hydrogens (tertiary/aromatic N) is 1. The van der Waals surface area contributed by atoms with Gasteiger partial charge in [0.1, 0.15) is 6.54 Å². The van der Waals surface area contributed by atoms with E-state index in [-0.39, 0.29) is 24.4 Å². The number of carbonyl (C=O) groups is 3. The summed E-state index contributed by atoms with van der Waals surface area (Å²) in [5, 5.41) is 11.7. The lowest BCUT2D eigenvalue weighted by Crippen LogP contribution is -2.37. The predicted octanol–water partition coefficient (Wildman–Crippen LogP) is 1.42. The van der Waals surface area contributed by atoms with Crippen LogP contribution in [0.2, 0.25) is 0 Å². The molecule has 1 heterocycles. The van der Waals surface area contributed by atoms with Gasteiger partial charge in [-0.2, -0.15) is 0 Å². The monoisotopic (exact) mass is 306 g/mol. The van der Waals surface area contributed by atoms with E-state index in [1.54, 1.807) is 18.2 Å². The molecule has 1 saturated carbocycles. The van der Waals surface area contributed by atoms with Gasteiger partial charge in [0, 0.05) is 16.5 Å². The maximum atomic E-state index is 12.5. The van der Waals surface area contributed by atoms with Crippen LogP contribution in [0.5, 0.6) is 0 Å². The molecular weight excluding hydrogens is 292 g/mol. The highest BCUT2D eigenvalue weighted by atomic mass is 32.2. The number of hydrogen-bond donors (Lipinski definition) is 2. The Kier molecular flexibility index (Phi) is 3.59. The van der Waals surface area contributed by atoms with Crippen molar-refractivity contribution < 1.29 is 19.5 Å². The third kappa shape index (κ3) is 3.02. The second kappa shape index (κ2) is 5.40. The van der Waals surface area contributed by atoms with Crippen molar-refractivity contribution in [3.8, 4) is 0 Å². The highest BCUT2D eigenvalue weighted by Crippen LogP contribution is 2.33. The molecule has 0 saturated heterocycles. The van der Waals surface area contributed by atoms with Gasteiger partial charge in [-0.15, -0.1) is 11.8 Å². The number of hydrogen-bond acceptors (Lipinski definition) is 4. The van der Waals surface area contributed by atoms with Crippen molar-refractivity contribution in [2.45, 2.75) is 23.8 Å². The van der Waals surface area contributed by atoms with E-state index in [1.165, 1.54) is 16.7 Å². The zero-order valence-corrected chi connectivity index (χ0v) is 12.0. The van der Waals surface area contributed by atoms with E-state index in [0.717, 1.165) is 17.7 Å². The fourth-order valence-electron chi connectivity index (χ4n) is 2.28. The van der Waals surface area contributed by atoms with Crippen LogP contribution < -0.4 is 5.32 Å². The van der Waals surface area contributed by atoms with Gasteiger partial charge >= 0.3 is 5.97 Å². The number of thioether (sulfide) groups is 1. The van der Waals surface area contributed by atoms with Gasteiger partial charge in [0.2, 0.25) is 5.91 Å². The zero-order valence-electron chi connectivity index (χ0n) is 11.2. The molecule has 0 aromatic heterocycles. The molecule has 3 rings (SSSR count). The highest BCUT2D eigenvalue weighted by molar-refractivity contribution is 8.00. The summed E-state index contributed by atoms with van der Waals surface area (Å²) in [4.78, 5) is 37.1. The number of aliphatic carboxylic acids is 1. The number of carbonyl (C=O) groups excluding carboxylic acids is 2. The Morgan fingerprint density at radius 1 is 1.38 bits per heavy atom. The minimum Gasteiger partial charge on any atom is -0.480 e. The number of amides is 2. The summed E-state index contributed by atoms with van der Waals surface area (Å²) in [5.74, 6) is -1.04. The van der Waals surface area contributed by atoms with Crippen molar-refractivity contribution in [1.29, 1.82) is 0 Å². The molecular formula is C14H14N2O4S. The Morgan fingerprint density at radius 2 is 2.14 bits per heavy atom. The smallest absolute Gasteiger partial charge is 0.323 e. The van der Waals surface area contributed by atoms with Gasteiger partial charge in [-0.05, 0) is 31.0 Å². The Hall–Kier alpha value is -2.02. The molecule has 0 spiro atoms. The van der Waals surface area contributed by atoms with Crippen molar-refractivity contribution >= 4 is 35.2 Å². The van der Waals surface area contributed by atoms with E-state index in [0.29, 0.717) is 17.0 Å². The lowest BCUT2D eigenvalue weighted by Gasteiger charge is -2.22. The average Bonchev–Trinajstić information content (AvgIpc) is 3.27. The molecule has 21 heavy (non-hydrogen) atoms. The van der Waals surface area contributed by atoms with Crippen molar-refractivity contribution in [3.05, 3.63) is 23.8 Å². The molecule has 1 aliphatic heterocycles. The summed E-state index contributed by atoms with van der Waals surface area (Å²) in [6, 6.07) is 5.12. The molecule has 0 atom stereocenters. The van der Waals surface area contributed by atoms with Gasteiger partial charge in [0.25, 0.3) is 5.91 Å². The van der Waals surface area contributed by atoms with Gasteiger partial charge in [-0.1, -0.05) is 0 Å². The summed E-state index contributed by atoms with van der Waals surface area (Å²) >= 11 is 1.42. The van der Waals surface area contributed by atoms with Crippen LogP contribution in [0.25, 0.3) is 0 Å². The Labute approximate surface area is 125 Å². The largest absolute Gasteiger partial charge is 0.480 e.